The minimum atomic E-state index is -0.847. The van der Waals surface area contributed by atoms with Crippen LogP contribution in [0, 0.1) is 11.6 Å². The van der Waals surface area contributed by atoms with Crippen molar-refractivity contribution in [3.63, 3.8) is 0 Å². The topological polar surface area (TPSA) is 40.5 Å². The maximum atomic E-state index is 13.9. The van der Waals surface area contributed by atoms with Gasteiger partial charge in [0.05, 0.1) is 0 Å². The molecule has 1 atom stereocenters. The number of benzene rings is 2. The van der Waals surface area contributed by atoms with Crippen LogP contribution in [-0.4, -0.2) is 10.2 Å². The molecule has 0 aliphatic carbocycles. The molecule has 0 spiro atoms. The molecule has 22 heavy (non-hydrogen) atoms. The van der Waals surface area contributed by atoms with Crippen LogP contribution in [0.3, 0.4) is 0 Å². The third-order valence-corrected chi connectivity index (χ3v) is 3.45. The first kappa shape index (κ1) is 16.6. The minimum absolute atomic E-state index is 0.0299. The number of hydrogen-bond acceptors (Lipinski definition) is 2. The number of phenolic OH excluding ortho intramolecular Hbond substituents is 2. The molecule has 0 radical (unpaired) electrons. The average Bonchev–Trinajstić information content (AvgIpc) is 2.42. The lowest BCUT2D eigenvalue weighted by molar-refractivity contribution is 0.455. The van der Waals surface area contributed by atoms with E-state index in [0.717, 1.165) is 12.1 Å². The molecule has 2 aromatic carbocycles. The molecule has 0 bridgehead atoms. The Morgan fingerprint density at radius 1 is 1.00 bits per heavy atom. The second kappa shape index (κ2) is 6.99. The van der Waals surface area contributed by atoms with Gasteiger partial charge in [-0.2, -0.15) is 0 Å². The van der Waals surface area contributed by atoms with Gasteiger partial charge in [0, 0.05) is 23.6 Å². The monoisotopic (exact) mass is 344 g/mol. The smallest absolute Gasteiger partial charge is 0.133 e. The van der Waals surface area contributed by atoms with Gasteiger partial charge in [-0.3, -0.25) is 0 Å². The fourth-order valence-corrected chi connectivity index (χ4v) is 2.46. The third-order valence-electron chi connectivity index (χ3n) is 3.20. The van der Waals surface area contributed by atoms with E-state index in [2.05, 4.69) is 0 Å². The fourth-order valence-electron chi connectivity index (χ4n) is 2.15. The lowest BCUT2D eigenvalue weighted by atomic mass is 9.91. The molecule has 0 aliphatic heterocycles. The Kier molecular flexibility index (Phi) is 5.27. The van der Waals surface area contributed by atoms with Gasteiger partial charge in [0.15, 0.2) is 0 Å². The van der Waals surface area contributed by atoms with Crippen LogP contribution in [0.5, 0.6) is 11.5 Å². The summed E-state index contributed by atoms with van der Waals surface area (Å²) in [5.74, 6) is -2.59. The maximum absolute atomic E-state index is 13.9. The highest BCUT2D eigenvalue weighted by Gasteiger charge is 2.18. The van der Waals surface area contributed by atoms with E-state index < -0.39 is 23.3 Å². The van der Waals surface area contributed by atoms with E-state index in [1.807, 2.05) is 0 Å². The predicted molar refractivity (Wildman–Crippen MR) is 82.4 cm³/mol. The van der Waals surface area contributed by atoms with E-state index in [1.54, 1.807) is 12.1 Å². The van der Waals surface area contributed by atoms with Crippen molar-refractivity contribution in [1.82, 2.24) is 0 Å². The lowest BCUT2D eigenvalue weighted by Crippen LogP contribution is -2.05. The first-order valence-corrected chi connectivity index (χ1v) is 7.11. The number of phenols is 2. The van der Waals surface area contributed by atoms with Crippen molar-refractivity contribution in [1.29, 1.82) is 0 Å². The summed E-state index contributed by atoms with van der Waals surface area (Å²) >= 11 is 11.3. The van der Waals surface area contributed by atoms with E-state index in [4.69, 9.17) is 23.2 Å². The van der Waals surface area contributed by atoms with E-state index >= 15 is 0 Å². The van der Waals surface area contributed by atoms with Gasteiger partial charge in [-0.05, 0) is 30.2 Å². The molecule has 0 heterocycles. The van der Waals surface area contributed by atoms with Crippen molar-refractivity contribution in [2.45, 2.75) is 12.3 Å². The van der Waals surface area contributed by atoms with Crippen LogP contribution in [0.2, 0.25) is 0 Å². The molecule has 2 aromatic rings. The fraction of sp³-hybridized carbons (Fsp3) is 0.125. The van der Waals surface area contributed by atoms with Gasteiger partial charge < -0.3 is 10.2 Å². The van der Waals surface area contributed by atoms with Crippen LogP contribution in [0.1, 0.15) is 17.0 Å². The van der Waals surface area contributed by atoms with E-state index in [0.29, 0.717) is 5.56 Å². The number of allylic oxidation sites excluding steroid dienone is 1. The highest BCUT2D eigenvalue weighted by Crippen LogP contribution is 2.30. The Bertz CT molecular complexity index is 673. The van der Waals surface area contributed by atoms with Gasteiger partial charge >= 0.3 is 0 Å². The van der Waals surface area contributed by atoms with Crippen molar-refractivity contribution in [2.24, 2.45) is 0 Å². The summed E-state index contributed by atoms with van der Waals surface area (Å²) in [4.78, 5) is 0. The molecule has 2 N–H and O–H groups in total. The minimum Gasteiger partial charge on any atom is -0.508 e. The van der Waals surface area contributed by atoms with Gasteiger partial charge in [-0.25, -0.2) is 8.78 Å². The van der Waals surface area contributed by atoms with Crippen molar-refractivity contribution in [3.05, 3.63) is 69.7 Å². The highest BCUT2D eigenvalue weighted by atomic mass is 35.5. The molecule has 0 saturated heterocycles. The van der Waals surface area contributed by atoms with Crippen LogP contribution in [0.25, 0.3) is 0 Å². The van der Waals surface area contributed by atoms with Crippen molar-refractivity contribution < 1.29 is 19.0 Å². The van der Waals surface area contributed by atoms with Gasteiger partial charge in [0.25, 0.3) is 0 Å². The van der Waals surface area contributed by atoms with Gasteiger partial charge in [-0.15, -0.1) is 0 Å². The van der Waals surface area contributed by atoms with E-state index in [9.17, 15) is 19.0 Å². The molecule has 0 aromatic heterocycles. The van der Waals surface area contributed by atoms with Crippen LogP contribution in [0.15, 0.2) is 47.0 Å². The van der Waals surface area contributed by atoms with E-state index in [-0.39, 0.29) is 22.2 Å². The first-order chi connectivity index (χ1) is 10.4. The number of rotatable bonds is 4. The summed E-state index contributed by atoms with van der Waals surface area (Å²) < 4.78 is 27.7. The summed E-state index contributed by atoms with van der Waals surface area (Å²) in [5.41, 5.74) is 0.505. The molecule has 0 aliphatic rings. The SMILES string of the molecule is Oc1ccc(C(C=C(Cl)Cl)Cc2c(F)cc(O)cc2F)cc1. The Morgan fingerprint density at radius 3 is 2.05 bits per heavy atom. The molecule has 1 unspecified atom stereocenters. The zero-order valence-corrected chi connectivity index (χ0v) is 12.7. The van der Waals surface area contributed by atoms with Crippen LogP contribution in [0.4, 0.5) is 8.78 Å². The normalized spacial score (nSPS) is 12.0. The number of aromatic hydroxyl groups is 2. The summed E-state index contributed by atoms with van der Waals surface area (Å²) in [5, 5.41) is 18.5. The van der Waals surface area contributed by atoms with Gasteiger partial charge in [-0.1, -0.05) is 35.3 Å². The molecule has 0 saturated carbocycles. The largest absolute Gasteiger partial charge is 0.508 e. The maximum Gasteiger partial charge on any atom is 0.133 e. The Labute approximate surface area is 136 Å². The lowest BCUT2D eigenvalue weighted by Gasteiger charge is -2.15. The first-order valence-electron chi connectivity index (χ1n) is 6.35. The summed E-state index contributed by atoms with van der Waals surface area (Å²) in [6.45, 7) is 0. The third kappa shape index (κ3) is 4.12. The van der Waals surface area contributed by atoms with Crippen molar-refractivity contribution in [3.8, 4) is 11.5 Å². The highest BCUT2D eigenvalue weighted by molar-refractivity contribution is 6.55. The second-order valence-electron chi connectivity index (χ2n) is 4.75. The van der Waals surface area contributed by atoms with Crippen LogP contribution in [-0.2, 0) is 6.42 Å². The van der Waals surface area contributed by atoms with E-state index in [1.165, 1.54) is 18.2 Å². The molecular formula is C16H12Cl2F2O2. The van der Waals surface area contributed by atoms with Gasteiger partial charge in [0.2, 0.25) is 0 Å². The summed E-state index contributed by atoms with van der Waals surface area (Å²) in [6.07, 6.45) is 1.42. The molecule has 2 rings (SSSR count). The quantitative estimate of drug-likeness (QED) is 0.817. The van der Waals surface area contributed by atoms with Gasteiger partial charge in [0.1, 0.15) is 27.6 Å². The predicted octanol–water partition coefficient (Wildman–Crippen LogP) is 5.02. The number of hydrogen-bond donors (Lipinski definition) is 2. The standard InChI is InChI=1S/C16H12Cl2F2O2/c17-16(18)6-10(9-1-3-11(21)4-2-9)5-13-14(19)7-12(22)8-15(13)20/h1-4,6-8,10,21-22H,5H2. The Morgan fingerprint density at radius 2 is 1.55 bits per heavy atom. The summed E-state index contributed by atoms with van der Waals surface area (Å²) in [6, 6.07) is 7.84. The molecule has 0 amide bonds. The molecule has 0 fully saturated rings. The zero-order valence-electron chi connectivity index (χ0n) is 11.2. The van der Waals surface area contributed by atoms with Crippen LogP contribution >= 0.6 is 23.2 Å². The Balaban J connectivity index is 2.40. The Hall–Kier alpha value is -1.78. The molecule has 116 valence electrons. The average molecular weight is 345 g/mol. The zero-order chi connectivity index (χ0) is 16.3. The molecule has 6 heteroatoms. The number of halogens is 4. The second-order valence-corrected chi connectivity index (χ2v) is 5.75. The van der Waals surface area contributed by atoms with Crippen LogP contribution < -0.4 is 0 Å². The van der Waals surface area contributed by atoms with Crippen molar-refractivity contribution >= 4 is 23.2 Å². The molecular weight excluding hydrogens is 333 g/mol. The molecule has 2 nitrogen and oxygen atoms in total. The summed E-state index contributed by atoms with van der Waals surface area (Å²) in [7, 11) is 0. The van der Waals surface area contributed by atoms with Crippen molar-refractivity contribution in [2.75, 3.05) is 0 Å².